The number of ether oxygens (including phenoxy) is 2. The zero-order valence-electron chi connectivity index (χ0n) is 17.3. The smallest absolute Gasteiger partial charge is 0.161 e. The Bertz CT molecular complexity index is 1010. The maximum Gasteiger partial charge on any atom is 0.161 e. The van der Waals surface area contributed by atoms with Crippen LogP contribution in [0.3, 0.4) is 0 Å². The van der Waals surface area contributed by atoms with E-state index in [-0.39, 0.29) is 12.1 Å². The van der Waals surface area contributed by atoms with Crippen molar-refractivity contribution in [3.63, 3.8) is 0 Å². The Balaban J connectivity index is 1.68. The van der Waals surface area contributed by atoms with E-state index in [1.54, 1.807) is 14.2 Å². The first-order valence-corrected chi connectivity index (χ1v) is 10.2. The van der Waals surface area contributed by atoms with E-state index in [1.165, 1.54) is 22.1 Å². The second kappa shape index (κ2) is 8.29. The predicted octanol–water partition coefficient (Wildman–Crippen LogP) is 4.30. The molecule has 2 atom stereocenters. The van der Waals surface area contributed by atoms with E-state index >= 15 is 0 Å². The van der Waals surface area contributed by atoms with Crippen molar-refractivity contribution in [3.05, 3.63) is 59.3 Å². The van der Waals surface area contributed by atoms with E-state index in [0.29, 0.717) is 0 Å². The first-order valence-electron chi connectivity index (χ1n) is 10.2. The molecule has 152 valence electrons. The topological polar surface area (TPSA) is 54.6 Å². The molecule has 0 aliphatic carbocycles. The van der Waals surface area contributed by atoms with Gasteiger partial charge in [0.1, 0.15) is 6.29 Å². The van der Waals surface area contributed by atoms with Crippen molar-refractivity contribution < 1.29 is 14.3 Å². The zero-order chi connectivity index (χ0) is 20.4. The van der Waals surface area contributed by atoms with Crippen LogP contribution in [-0.2, 0) is 17.6 Å². The van der Waals surface area contributed by atoms with Crippen molar-refractivity contribution in [2.75, 3.05) is 20.8 Å². The Hall–Kier alpha value is -2.79. The maximum absolute atomic E-state index is 11.6. The van der Waals surface area contributed by atoms with E-state index in [4.69, 9.17) is 9.47 Å². The maximum atomic E-state index is 11.6. The molecular formula is C24H28N2O3. The minimum absolute atomic E-state index is 0.121. The molecule has 1 aromatic heterocycles. The van der Waals surface area contributed by atoms with Crippen LogP contribution in [0.1, 0.15) is 36.1 Å². The number of carbonyl (C=O) groups is 1. The number of nitrogens with one attached hydrogen (secondary N) is 1. The van der Waals surface area contributed by atoms with Gasteiger partial charge < -0.3 is 19.3 Å². The third-order valence-electron chi connectivity index (χ3n) is 6.13. The third-order valence-corrected chi connectivity index (χ3v) is 6.13. The van der Waals surface area contributed by atoms with Gasteiger partial charge in [0.05, 0.1) is 20.3 Å². The Labute approximate surface area is 171 Å². The van der Waals surface area contributed by atoms with Gasteiger partial charge in [-0.3, -0.25) is 4.90 Å². The van der Waals surface area contributed by atoms with E-state index in [1.807, 2.05) is 13.0 Å². The lowest BCUT2D eigenvalue weighted by Crippen LogP contribution is -2.42. The van der Waals surface area contributed by atoms with Crippen molar-refractivity contribution in [1.82, 2.24) is 9.88 Å². The molecule has 0 spiro atoms. The van der Waals surface area contributed by atoms with E-state index < -0.39 is 0 Å². The summed E-state index contributed by atoms with van der Waals surface area (Å²) in [5.74, 6) is 1.50. The van der Waals surface area contributed by atoms with Crippen LogP contribution in [0, 0.1) is 0 Å². The van der Waals surface area contributed by atoms with Crippen LogP contribution in [0.5, 0.6) is 11.5 Å². The number of nitrogens with zero attached hydrogens (tertiary/aromatic N) is 1. The van der Waals surface area contributed by atoms with Crippen molar-refractivity contribution in [2.45, 2.75) is 38.3 Å². The van der Waals surface area contributed by atoms with Crippen molar-refractivity contribution in [1.29, 1.82) is 0 Å². The number of aromatic nitrogens is 1. The van der Waals surface area contributed by atoms with Crippen LogP contribution < -0.4 is 9.47 Å². The normalized spacial score (nSPS) is 17.7. The molecule has 2 heterocycles. The van der Waals surface area contributed by atoms with Crippen LogP contribution in [-0.4, -0.2) is 43.0 Å². The summed E-state index contributed by atoms with van der Waals surface area (Å²) in [5.41, 5.74) is 4.99. The van der Waals surface area contributed by atoms with Gasteiger partial charge in [-0.05, 0) is 61.1 Å². The van der Waals surface area contributed by atoms with Gasteiger partial charge in [-0.25, -0.2) is 0 Å². The first kappa shape index (κ1) is 19.5. The molecule has 5 heteroatoms. The number of carbonyl (C=O) groups excluding carboxylic acids is 1. The number of H-pyrrole nitrogens is 1. The molecule has 29 heavy (non-hydrogen) atoms. The van der Waals surface area contributed by atoms with Gasteiger partial charge in [0, 0.05) is 29.7 Å². The van der Waals surface area contributed by atoms with Gasteiger partial charge in [0.2, 0.25) is 0 Å². The number of hydrogen-bond donors (Lipinski definition) is 1. The van der Waals surface area contributed by atoms with Gasteiger partial charge in [-0.15, -0.1) is 0 Å². The molecular weight excluding hydrogens is 364 g/mol. The number of fused-ring (bicyclic) bond motifs is 2. The molecule has 3 aromatic rings. The van der Waals surface area contributed by atoms with E-state index in [2.05, 4.69) is 46.4 Å². The number of rotatable bonds is 7. The summed E-state index contributed by atoms with van der Waals surface area (Å²) in [4.78, 5) is 17.3. The molecule has 0 saturated carbocycles. The fourth-order valence-corrected chi connectivity index (χ4v) is 4.57. The highest BCUT2D eigenvalue weighted by Crippen LogP contribution is 2.40. The number of hydrogen-bond acceptors (Lipinski definition) is 4. The molecule has 0 bridgehead atoms. The standard InChI is InChI=1S/C24H28N2O3/c1-16(15-27)26-11-10-17-12-23(28-2)24(29-3)13-20(17)22(26)9-8-18-14-25-21-7-5-4-6-19(18)21/h4-7,12-16,22,25H,8-11H2,1-3H3. The van der Waals surface area contributed by atoms with Crippen LogP contribution in [0.15, 0.2) is 42.6 Å². The van der Waals surface area contributed by atoms with Gasteiger partial charge in [-0.2, -0.15) is 0 Å². The average molecular weight is 392 g/mol. The number of aromatic amines is 1. The van der Waals surface area contributed by atoms with Crippen molar-refractivity contribution in [2.24, 2.45) is 0 Å². The Morgan fingerprint density at radius 3 is 2.72 bits per heavy atom. The SMILES string of the molecule is COc1cc2c(cc1OC)C(CCc1c[nH]c3ccccc13)N(C(C)C=O)CC2. The Morgan fingerprint density at radius 1 is 1.21 bits per heavy atom. The lowest BCUT2D eigenvalue weighted by molar-refractivity contribution is -0.113. The highest BCUT2D eigenvalue weighted by molar-refractivity contribution is 5.83. The third kappa shape index (κ3) is 3.62. The monoisotopic (exact) mass is 392 g/mol. The summed E-state index contributed by atoms with van der Waals surface area (Å²) < 4.78 is 11.1. The molecule has 0 saturated heterocycles. The number of aldehydes is 1. The summed E-state index contributed by atoms with van der Waals surface area (Å²) in [7, 11) is 3.34. The number of para-hydroxylation sites is 1. The summed E-state index contributed by atoms with van der Waals surface area (Å²) in [6.45, 7) is 2.85. The summed E-state index contributed by atoms with van der Waals surface area (Å²) in [6.07, 6.45) is 5.92. The fourth-order valence-electron chi connectivity index (χ4n) is 4.57. The molecule has 0 fully saturated rings. The van der Waals surface area contributed by atoms with Crippen LogP contribution in [0.25, 0.3) is 10.9 Å². The van der Waals surface area contributed by atoms with Gasteiger partial charge in [-0.1, -0.05) is 18.2 Å². The molecule has 4 rings (SSSR count). The zero-order valence-corrected chi connectivity index (χ0v) is 17.3. The fraction of sp³-hybridized carbons (Fsp3) is 0.375. The summed E-state index contributed by atoms with van der Waals surface area (Å²) in [6, 6.07) is 12.6. The van der Waals surface area contributed by atoms with Gasteiger partial charge in [0.25, 0.3) is 0 Å². The minimum Gasteiger partial charge on any atom is -0.493 e. The molecule has 1 N–H and O–H groups in total. The van der Waals surface area contributed by atoms with E-state index in [9.17, 15) is 4.79 Å². The summed E-state index contributed by atoms with van der Waals surface area (Å²) in [5, 5.41) is 1.27. The van der Waals surface area contributed by atoms with Crippen LogP contribution >= 0.6 is 0 Å². The molecule has 0 radical (unpaired) electrons. The largest absolute Gasteiger partial charge is 0.493 e. The second-order valence-corrected chi connectivity index (χ2v) is 7.68. The second-order valence-electron chi connectivity index (χ2n) is 7.68. The molecule has 2 aromatic carbocycles. The molecule has 1 aliphatic heterocycles. The quantitative estimate of drug-likeness (QED) is 0.609. The van der Waals surface area contributed by atoms with Gasteiger partial charge >= 0.3 is 0 Å². The number of benzene rings is 2. The average Bonchev–Trinajstić information content (AvgIpc) is 3.18. The lowest BCUT2D eigenvalue weighted by atomic mass is 9.87. The molecule has 1 aliphatic rings. The highest BCUT2D eigenvalue weighted by atomic mass is 16.5. The number of aryl methyl sites for hydroxylation is 1. The molecule has 2 unspecified atom stereocenters. The minimum atomic E-state index is -0.121. The van der Waals surface area contributed by atoms with Crippen molar-refractivity contribution in [3.8, 4) is 11.5 Å². The summed E-state index contributed by atoms with van der Waals surface area (Å²) >= 11 is 0. The Morgan fingerprint density at radius 2 is 1.97 bits per heavy atom. The Kier molecular flexibility index (Phi) is 5.58. The van der Waals surface area contributed by atoms with E-state index in [0.717, 1.165) is 49.1 Å². The van der Waals surface area contributed by atoms with Crippen LogP contribution in [0.4, 0.5) is 0 Å². The van der Waals surface area contributed by atoms with Gasteiger partial charge in [0.15, 0.2) is 11.5 Å². The number of methoxy groups -OCH3 is 2. The highest BCUT2D eigenvalue weighted by Gasteiger charge is 2.31. The molecule has 0 amide bonds. The first-order chi connectivity index (χ1) is 14.2. The van der Waals surface area contributed by atoms with Crippen LogP contribution in [0.2, 0.25) is 0 Å². The van der Waals surface area contributed by atoms with Crippen molar-refractivity contribution >= 4 is 17.2 Å². The predicted molar refractivity (Wildman–Crippen MR) is 115 cm³/mol. The lowest BCUT2D eigenvalue weighted by Gasteiger charge is -2.40. The molecule has 5 nitrogen and oxygen atoms in total.